The number of aliphatic imine (C=N–C) groups is 1. The Morgan fingerprint density at radius 3 is 2.90 bits per heavy atom. The van der Waals surface area contributed by atoms with Crippen molar-refractivity contribution in [3.8, 4) is 23.5 Å². The van der Waals surface area contributed by atoms with Crippen LogP contribution in [0, 0.1) is 26.2 Å². The smallest absolute Gasteiger partial charge is 0.247 e. The Balaban J connectivity index is 1.62. The van der Waals surface area contributed by atoms with Gasteiger partial charge in [-0.3, -0.25) is 14.5 Å². The Morgan fingerprint density at radius 2 is 2.24 bits per heavy atom. The van der Waals surface area contributed by atoms with Crippen LogP contribution in [0.5, 0.6) is 0 Å². The lowest BCUT2D eigenvalue weighted by atomic mass is 10.1. The van der Waals surface area contributed by atoms with E-state index < -0.39 is 0 Å². The van der Waals surface area contributed by atoms with E-state index in [1.54, 1.807) is 24.5 Å². The molecule has 0 aliphatic heterocycles. The predicted molar refractivity (Wildman–Crippen MR) is 110 cm³/mol. The number of pyridine rings is 1. The van der Waals surface area contributed by atoms with Crippen LogP contribution in [0.25, 0.3) is 16.8 Å². The van der Waals surface area contributed by atoms with Gasteiger partial charge in [0.15, 0.2) is 0 Å². The third-order valence-electron chi connectivity index (χ3n) is 3.99. The van der Waals surface area contributed by atoms with E-state index in [4.69, 9.17) is 16.7 Å². The van der Waals surface area contributed by atoms with E-state index in [1.165, 1.54) is 23.3 Å². The van der Waals surface area contributed by atoms with E-state index in [9.17, 15) is 4.79 Å². The van der Waals surface area contributed by atoms with Gasteiger partial charge in [0.25, 0.3) is 0 Å². The number of aromatic nitrogens is 4. The lowest BCUT2D eigenvalue weighted by Gasteiger charge is -2.06. The molecular formula is C20H19N7O2. The number of hydrogen-bond acceptors (Lipinski definition) is 7. The Morgan fingerprint density at radius 1 is 1.41 bits per heavy atom. The normalized spacial score (nSPS) is 11.6. The second-order valence-electron chi connectivity index (χ2n) is 6.14. The van der Waals surface area contributed by atoms with Crippen molar-refractivity contribution >= 4 is 23.6 Å². The quantitative estimate of drug-likeness (QED) is 0.492. The van der Waals surface area contributed by atoms with Crippen molar-refractivity contribution in [3.05, 3.63) is 53.9 Å². The summed E-state index contributed by atoms with van der Waals surface area (Å²) < 4.78 is 6.71. The second kappa shape index (κ2) is 8.67. The summed E-state index contributed by atoms with van der Waals surface area (Å²) in [5, 5.41) is 10.9. The molecule has 0 aliphatic rings. The number of carbonyl (C=O) groups is 1. The molecule has 146 valence electrons. The van der Waals surface area contributed by atoms with Gasteiger partial charge >= 0.3 is 0 Å². The molecule has 3 aromatic heterocycles. The van der Waals surface area contributed by atoms with E-state index >= 15 is 0 Å². The summed E-state index contributed by atoms with van der Waals surface area (Å²) in [6, 6.07) is 3.38. The number of amides is 1. The molecule has 0 fully saturated rings. The number of nitrogens with one attached hydrogen (secondary N) is 1. The number of carbonyl (C=O) groups excluding carboxylic acids is 1. The number of nitrogens with zero attached hydrogens (tertiary/aromatic N) is 5. The Bertz CT molecular complexity index is 1100. The fourth-order valence-corrected chi connectivity index (χ4v) is 2.68. The van der Waals surface area contributed by atoms with Gasteiger partial charge in [-0.15, -0.1) is 6.42 Å². The molecule has 0 spiro atoms. The van der Waals surface area contributed by atoms with Gasteiger partial charge in [-0.2, -0.15) is 5.10 Å². The molecule has 3 aromatic rings. The van der Waals surface area contributed by atoms with Crippen molar-refractivity contribution in [3.63, 3.8) is 0 Å². The average Bonchev–Trinajstić information content (AvgIpc) is 3.28. The van der Waals surface area contributed by atoms with Crippen LogP contribution >= 0.6 is 0 Å². The Hall–Kier alpha value is -4.19. The monoisotopic (exact) mass is 389 g/mol. The highest BCUT2D eigenvalue weighted by Crippen LogP contribution is 2.26. The fraction of sp³-hybridized carbons (Fsp3) is 0.150. The van der Waals surface area contributed by atoms with Crippen LogP contribution < -0.4 is 11.1 Å². The first kappa shape index (κ1) is 19.6. The molecule has 0 saturated carbocycles. The third-order valence-corrected chi connectivity index (χ3v) is 3.99. The molecule has 0 aromatic carbocycles. The highest BCUT2D eigenvalue weighted by Gasteiger charge is 2.14. The Kier molecular flexibility index (Phi) is 5.85. The topological polar surface area (TPSA) is 124 Å². The van der Waals surface area contributed by atoms with Gasteiger partial charge in [-0.1, -0.05) is 11.1 Å². The first-order valence-electron chi connectivity index (χ1n) is 8.63. The van der Waals surface area contributed by atoms with Crippen LogP contribution in [0.15, 0.2) is 46.4 Å². The summed E-state index contributed by atoms with van der Waals surface area (Å²) in [4.78, 5) is 20.3. The molecule has 1 amide bonds. The minimum absolute atomic E-state index is 0.0374. The average molecular weight is 389 g/mol. The van der Waals surface area contributed by atoms with Gasteiger partial charge in [-0.25, -0.2) is 4.98 Å². The molecule has 0 atom stereocenters. The van der Waals surface area contributed by atoms with E-state index in [0.29, 0.717) is 22.8 Å². The zero-order valence-electron chi connectivity index (χ0n) is 16.0. The summed E-state index contributed by atoms with van der Waals surface area (Å²) in [5.74, 6) is 3.11. The largest absolute Gasteiger partial charge is 0.397 e. The molecule has 3 heterocycles. The van der Waals surface area contributed by atoms with E-state index in [2.05, 4.69) is 31.5 Å². The van der Waals surface area contributed by atoms with Gasteiger partial charge in [0.1, 0.15) is 18.1 Å². The van der Waals surface area contributed by atoms with E-state index in [-0.39, 0.29) is 12.5 Å². The van der Waals surface area contributed by atoms with E-state index in [1.807, 2.05) is 13.8 Å². The van der Waals surface area contributed by atoms with Crippen molar-refractivity contribution in [2.24, 2.45) is 10.7 Å². The van der Waals surface area contributed by atoms with Crippen LogP contribution in [0.4, 0.5) is 5.82 Å². The lowest BCUT2D eigenvalue weighted by Crippen LogP contribution is -2.19. The number of hydrogen-bond donors (Lipinski definition) is 2. The highest BCUT2D eigenvalue weighted by atomic mass is 16.5. The van der Waals surface area contributed by atoms with Gasteiger partial charge < -0.3 is 15.6 Å². The molecule has 0 saturated heterocycles. The van der Waals surface area contributed by atoms with E-state index in [0.717, 1.165) is 16.8 Å². The van der Waals surface area contributed by atoms with Crippen LogP contribution in [0.2, 0.25) is 0 Å². The minimum atomic E-state index is -0.263. The molecule has 0 unspecified atom stereocenters. The van der Waals surface area contributed by atoms with Gasteiger partial charge in [-0.05, 0) is 26.0 Å². The molecular weight excluding hydrogens is 370 g/mol. The van der Waals surface area contributed by atoms with Crippen molar-refractivity contribution < 1.29 is 9.32 Å². The summed E-state index contributed by atoms with van der Waals surface area (Å²) >= 11 is 0. The maximum absolute atomic E-state index is 12.3. The van der Waals surface area contributed by atoms with Gasteiger partial charge in [0.05, 0.1) is 35.6 Å². The van der Waals surface area contributed by atoms with Gasteiger partial charge in [0, 0.05) is 23.5 Å². The molecule has 29 heavy (non-hydrogen) atoms. The maximum Gasteiger partial charge on any atom is 0.247 e. The first-order valence-corrected chi connectivity index (χ1v) is 8.63. The lowest BCUT2D eigenvalue weighted by molar-refractivity contribution is -0.116. The van der Waals surface area contributed by atoms with Gasteiger partial charge in [0.2, 0.25) is 5.91 Å². The predicted octanol–water partition coefficient (Wildman–Crippen LogP) is 2.15. The first-order chi connectivity index (χ1) is 14.0. The summed E-state index contributed by atoms with van der Waals surface area (Å²) in [6.07, 6.45) is 12.8. The standard InChI is InChI=1S/C20H19N7O2/c1-4-7-22-10-17(21)15-5-6-18(23-8-15)25-19(28)12-27-11-16(9-24-27)20-13(2)26-29-14(20)3/h1,5-11H,12,21H2,2-3H3,(H,23,25,28)/b17-10-,22-7?. The summed E-state index contributed by atoms with van der Waals surface area (Å²) in [6.45, 7) is 3.72. The number of terminal acetylenes is 1. The SMILES string of the molecule is C#CC=N/C=C(\N)c1ccc(NC(=O)Cn2cc(-c3c(C)noc3C)cn2)nc1. The zero-order chi connectivity index (χ0) is 20.8. The van der Waals surface area contributed by atoms with Crippen LogP contribution in [0.3, 0.4) is 0 Å². The van der Waals surface area contributed by atoms with Crippen LogP contribution in [-0.2, 0) is 11.3 Å². The van der Waals surface area contributed by atoms with Crippen molar-refractivity contribution in [2.45, 2.75) is 20.4 Å². The highest BCUT2D eigenvalue weighted by molar-refractivity contribution is 5.89. The second-order valence-corrected chi connectivity index (χ2v) is 6.14. The minimum Gasteiger partial charge on any atom is -0.397 e. The summed E-state index contributed by atoms with van der Waals surface area (Å²) in [5.41, 5.74) is 9.44. The van der Waals surface area contributed by atoms with Crippen molar-refractivity contribution in [1.29, 1.82) is 0 Å². The molecule has 0 radical (unpaired) electrons. The molecule has 3 N–H and O–H groups in total. The molecule has 9 heteroatoms. The Labute approximate surface area is 167 Å². The molecule has 0 bridgehead atoms. The number of anilines is 1. The zero-order valence-corrected chi connectivity index (χ0v) is 16.0. The summed E-state index contributed by atoms with van der Waals surface area (Å²) in [7, 11) is 0. The number of nitrogens with two attached hydrogens (primary N) is 1. The molecule has 9 nitrogen and oxygen atoms in total. The van der Waals surface area contributed by atoms with Crippen molar-refractivity contribution in [1.82, 2.24) is 19.9 Å². The molecule has 3 rings (SSSR count). The van der Waals surface area contributed by atoms with Crippen LogP contribution in [-0.4, -0.2) is 32.0 Å². The maximum atomic E-state index is 12.3. The third kappa shape index (κ3) is 4.75. The number of aryl methyl sites for hydroxylation is 2. The molecule has 0 aliphatic carbocycles. The van der Waals surface area contributed by atoms with Crippen LogP contribution in [0.1, 0.15) is 17.0 Å². The van der Waals surface area contributed by atoms with Crippen molar-refractivity contribution in [2.75, 3.05) is 5.32 Å². The number of rotatable bonds is 6. The fourth-order valence-electron chi connectivity index (χ4n) is 2.68.